The topological polar surface area (TPSA) is 86.2 Å². The normalized spacial score (nSPS) is 13.9. The lowest BCUT2D eigenvalue weighted by atomic mass is 10.0. The highest BCUT2D eigenvalue weighted by molar-refractivity contribution is 7.93. The maximum Gasteiger partial charge on any atom is 0.278 e. The van der Waals surface area contributed by atoms with Gasteiger partial charge in [-0.2, -0.15) is 8.42 Å². The van der Waals surface area contributed by atoms with E-state index in [0.29, 0.717) is 5.70 Å². The minimum absolute atomic E-state index is 0.293. The smallest absolute Gasteiger partial charge is 0.278 e. The van der Waals surface area contributed by atoms with E-state index >= 15 is 0 Å². The van der Waals surface area contributed by atoms with Crippen LogP contribution in [-0.2, 0) is 10.0 Å². The molecule has 0 radical (unpaired) electrons. The van der Waals surface area contributed by atoms with E-state index in [4.69, 9.17) is 10.9 Å². The Kier molecular flexibility index (Phi) is 7.84. The van der Waals surface area contributed by atoms with E-state index in [1.165, 1.54) is 6.08 Å². The Labute approximate surface area is 121 Å². The van der Waals surface area contributed by atoms with E-state index in [-0.39, 0.29) is 5.92 Å². The molecule has 0 aliphatic heterocycles. The number of primary sulfonamides is 1. The molecule has 0 aliphatic carbocycles. The molecule has 0 amide bonds. The van der Waals surface area contributed by atoms with Crippen LogP contribution in [0.25, 0.3) is 0 Å². The summed E-state index contributed by atoms with van der Waals surface area (Å²) in [7, 11) is -3.83. The van der Waals surface area contributed by atoms with Crippen LogP contribution in [0.5, 0.6) is 0 Å². The molecule has 0 aliphatic rings. The monoisotopic (exact) mass is 290 g/mol. The van der Waals surface area contributed by atoms with Gasteiger partial charge in [0.05, 0.1) is 11.2 Å². The van der Waals surface area contributed by atoms with Gasteiger partial charge in [-0.05, 0) is 31.9 Å². The molecule has 5 heteroatoms. The van der Waals surface area contributed by atoms with Crippen molar-refractivity contribution in [1.29, 1.82) is 0 Å². The average Bonchev–Trinajstić information content (AvgIpc) is 2.33. The summed E-state index contributed by atoms with van der Waals surface area (Å²) in [6, 6.07) is 0. The van der Waals surface area contributed by atoms with E-state index in [9.17, 15) is 8.42 Å². The van der Waals surface area contributed by atoms with Crippen LogP contribution < -0.4 is 10.9 Å². The molecule has 0 bridgehead atoms. The molecule has 1 unspecified atom stereocenters. The zero-order chi connectivity index (χ0) is 15.6. The predicted molar refractivity (Wildman–Crippen MR) is 83.2 cm³/mol. The third-order valence-electron chi connectivity index (χ3n) is 1.97. The van der Waals surface area contributed by atoms with Crippen molar-refractivity contribution in [2.45, 2.75) is 13.8 Å². The van der Waals surface area contributed by atoms with Crippen LogP contribution in [0.3, 0.4) is 0 Å². The molecule has 0 spiro atoms. The Balaban J connectivity index is 5.36. The maximum absolute atomic E-state index is 10.6. The number of rotatable bonds is 4. The lowest BCUT2D eigenvalue weighted by Gasteiger charge is -2.01. The maximum atomic E-state index is 10.6. The van der Waals surface area contributed by atoms with Crippen molar-refractivity contribution in [1.82, 2.24) is 0 Å². The molecule has 0 aromatic heterocycles. The quantitative estimate of drug-likeness (QED) is 0.606. The zero-order valence-electron chi connectivity index (χ0n) is 11.6. The van der Waals surface area contributed by atoms with E-state index in [1.54, 1.807) is 6.08 Å². The van der Waals surface area contributed by atoms with Gasteiger partial charge in [0.1, 0.15) is 0 Å². The molecular weight excluding hydrogens is 272 g/mol. The number of allylic oxidation sites excluding steroid dienone is 6. The Morgan fingerprint density at radius 2 is 1.95 bits per heavy atom. The molecular formula is C15H18N2O2S. The molecule has 4 N–H and O–H groups in total. The fraction of sp³-hybridized carbons (Fsp3) is 0.200. The van der Waals surface area contributed by atoms with Crippen LogP contribution in [0.4, 0.5) is 0 Å². The lowest BCUT2D eigenvalue weighted by molar-refractivity contribution is 0.608. The van der Waals surface area contributed by atoms with Gasteiger partial charge in [0, 0.05) is 11.6 Å². The average molecular weight is 290 g/mol. The summed E-state index contributed by atoms with van der Waals surface area (Å²) in [6.45, 7) is 7.38. The standard InChI is InChI=1S/C15H18N2O2S/c1-4-8-13(3)11-14(12-15(16)5-2)9-6-7-10-20(17,18)19/h4-5,8,11-12,14H,2,16H2,1,3H3,(H2,17,18,19)/b8-4-,13-11-,15-12+. The number of hydrogen-bond donors (Lipinski definition) is 2. The van der Waals surface area contributed by atoms with Crippen LogP contribution in [0, 0.1) is 28.9 Å². The molecule has 0 fully saturated rings. The highest BCUT2D eigenvalue weighted by Crippen LogP contribution is 2.07. The zero-order valence-corrected chi connectivity index (χ0v) is 12.4. The van der Waals surface area contributed by atoms with Gasteiger partial charge in [0.2, 0.25) is 0 Å². The molecule has 1 atom stereocenters. The highest BCUT2D eigenvalue weighted by Gasteiger charge is 1.98. The van der Waals surface area contributed by atoms with E-state index in [2.05, 4.69) is 24.3 Å². The van der Waals surface area contributed by atoms with E-state index < -0.39 is 10.0 Å². The number of nitrogens with two attached hydrogens (primary N) is 2. The second-order valence-corrected chi connectivity index (χ2v) is 5.14. The highest BCUT2D eigenvalue weighted by atomic mass is 32.2. The van der Waals surface area contributed by atoms with Crippen LogP contribution in [0.2, 0.25) is 0 Å². The molecule has 0 aromatic carbocycles. The molecule has 0 rings (SSSR count). The van der Waals surface area contributed by atoms with Crippen molar-refractivity contribution in [2.24, 2.45) is 16.8 Å². The number of sulfonamides is 1. The predicted octanol–water partition coefficient (Wildman–Crippen LogP) is 1.41. The second kappa shape index (κ2) is 8.82. The van der Waals surface area contributed by atoms with Crippen LogP contribution in [-0.4, -0.2) is 8.42 Å². The van der Waals surface area contributed by atoms with Gasteiger partial charge in [0.15, 0.2) is 0 Å². The van der Waals surface area contributed by atoms with Crippen LogP contribution in [0.1, 0.15) is 13.8 Å². The van der Waals surface area contributed by atoms with Gasteiger partial charge in [-0.15, -0.1) is 0 Å². The lowest BCUT2D eigenvalue weighted by Crippen LogP contribution is -2.07. The Bertz CT molecular complexity index is 660. The van der Waals surface area contributed by atoms with Gasteiger partial charge >= 0.3 is 0 Å². The minimum atomic E-state index is -3.83. The molecule has 0 saturated heterocycles. The summed E-state index contributed by atoms with van der Waals surface area (Å²) in [6.07, 6.45) is 8.90. The van der Waals surface area contributed by atoms with Crippen molar-refractivity contribution in [3.63, 3.8) is 0 Å². The molecule has 106 valence electrons. The first-order valence-electron chi connectivity index (χ1n) is 5.74. The Morgan fingerprint density at radius 1 is 1.30 bits per heavy atom. The second-order valence-electron chi connectivity index (χ2n) is 3.85. The Morgan fingerprint density at radius 3 is 2.45 bits per heavy atom. The first kappa shape index (κ1) is 17.8. The molecule has 0 saturated carbocycles. The molecule has 0 heterocycles. The van der Waals surface area contributed by atoms with E-state index in [0.717, 1.165) is 5.57 Å². The van der Waals surface area contributed by atoms with Crippen molar-refractivity contribution in [3.8, 4) is 23.0 Å². The summed E-state index contributed by atoms with van der Waals surface area (Å²) >= 11 is 0. The summed E-state index contributed by atoms with van der Waals surface area (Å²) in [4.78, 5) is 0. The summed E-state index contributed by atoms with van der Waals surface area (Å²) < 4.78 is 21.3. The minimum Gasteiger partial charge on any atom is -0.399 e. The third kappa shape index (κ3) is 9.78. The summed E-state index contributed by atoms with van der Waals surface area (Å²) in [5, 5.41) is 6.58. The van der Waals surface area contributed by atoms with Gasteiger partial charge in [-0.25, -0.2) is 5.14 Å². The first-order valence-corrected chi connectivity index (χ1v) is 7.29. The van der Waals surface area contributed by atoms with Gasteiger partial charge in [0.25, 0.3) is 10.0 Å². The van der Waals surface area contributed by atoms with Crippen molar-refractivity contribution < 1.29 is 8.42 Å². The largest absolute Gasteiger partial charge is 0.399 e. The van der Waals surface area contributed by atoms with Gasteiger partial charge < -0.3 is 5.73 Å². The summed E-state index contributed by atoms with van der Waals surface area (Å²) in [5.74, 6) is 7.13. The SMILES string of the molecule is C=C/C(N)=C\C(C#CC#CS(N)(=O)=O)/C=C(C)\C=C/C. The van der Waals surface area contributed by atoms with Crippen molar-refractivity contribution in [3.05, 3.63) is 48.2 Å². The van der Waals surface area contributed by atoms with Crippen molar-refractivity contribution in [2.75, 3.05) is 0 Å². The number of hydrogen-bond acceptors (Lipinski definition) is 3. The summed E-state index contributed by atoms with van der Waals surface area (Å²) in [5.41, 5.74) is 7.15. The van der Waals surface area contributed by atoms with Gasteiger partial charge in [-0.1, -0.05) is 36.3 Å². The fourth-order valence-corrected chi connectivity index (χ4v) is 1.42. The third-order valence-corrected chi connectivity index (χ3v) is 2.36. The van der Waals surface area contributed by atoms with E-state index in [1.807, 2.05) is 37.3 Å². The van der Waals surface area contributed by atoms with Gasteiger partial charge in [-0.3, -0.25) is 0 Å². The first-order chi connectivity index (χ1) is 9.28. The fourth-order valence-electron chi connectivity index (χ4n) is 1.22. The molecule has 4 nitrogen and oxygen atoms in total. The Hall–Kier alpha value is -2.21. The molecule has 0 aromatic rings. The molecule has 20 heavy (non-hydrogen) atoms. The van der Waals surface area contributed by atoms with Crippen LogP contribution >= 0.6 is 0 Å². The van der Waals surface area contributed by atoms with Crippen molar-refractivity contribution >= 4 is 10.0 Å². The van der Waals surface area contributed by atoms with Crippen LogP contribution in [0.15, 0.2) is 48.2 Å².